The lowest BCUT2D eigenvalue weighted by Crippen LogP contribution is -2.51. The molecule has 0 unspecified atom stereocenters. The van der Waals surface area contributed by atoms with Crippen LogP contribution in [0, 0.1) is 5.92 Å². The number of fused-ring (bicyclic) bond motifs is 2. The van der Waals surface area contributed by atoms with Crippen molar-refractivity contribution in [3.63, 3.8) is 0 Å². The lowest BCUT2D eigenvalue weighted by Gasteiger charge is -2.44. The number of ether oxygens (including phenoxy) is 1. The zero-order valence-electron chi connectivity index (χ0n) is 16.3. The van der Waals surface area contributed by atoms with Gasteiger partial charge in [0.25, 0.3) is 5.91 Å². The highest BCUT2D eigenvalue weighted by Gasteiger charge is 2.33. The highest BCUT2D eigenvalue weighted by atomic mass is 16.5. The Balaban J connectivity index is 1.47. The number of nitrogens with one attached hydrogen (secondary N) is 1. The summed E-state index contributed by atoms with van der Waals surface area (Å²) in [5, 5.41) is 4.36. The number of para-hydroxylation sites is 1. The van der Waals surface area contributed by atoms with Crippen molar-refractivity contribution in [2.24, 2.45) is 5.92 Å². The topological polar surface area (TPSA) is 46.5 Å². The van der Waals surface area contributed by atoms with Crippen molar-refractivity contribution in [2.75, 3.05) is 33.4 Å². The largest absolute Gasteiger partial charge is 0.383 e. The second-order valence-corrected chi connectivity index (χ2v) is 7.94. The standard InChI is InChI=1S/C22H31N3O2/c1-27-14-13-25-20-10-3-2-7-17(20)15-21(25)22(26)23-16-18-8-6-12-24-11-5-4-9-19(18)24/h2-3,7,10,15,18-19H,4-6,8-9,11-14,16H2,1H3,(H,23,26)/t18-,19-/m0/s1. The third kappa shape index (κ3) is 3.90. The molecule has 0 saturated carbocycles. The van der Waals surface area contributed by atoms with Crippen molar-refractivity contribution in [2.45, 2.75) is 44.7 Å². The zero-order valence-corrected chi connectivity index (χ0v) is 16.3. The van der Waals surface area contributed by atoms with Gasteiger partial charge < -0.3 is 19.5 Å². The van der Waals surface area contributed by atoms with Crippen LogP contribution in [0.1, 0.15) is 42.6 Å². The van der Waals surface area contributed by atoms with Gasteiger partial charge in [-0.1, -0.05) is 24.6 Å². The average molecular weight is 370 g/mol. The number of benzene rings is 1. The van der Waals surface area contributed by atoms with E-state index < -0.39 is 0 Å². The molecule has 2 aliphatic rings. The van der Waals surface area contributed by atoms with Crippen molar-refractivity contribution < 1.29 is 9.53 Å². The van der Waals surface area contributed by atoms with E-state index in [0.717, 1.165) is 23.1 Å². The first kappa shape index (κ1) is 18.5. The molecular formula is C22H31N3O2. The Morgan fingerprint density at radius 3 is 2.93 bits per heavy atom. The Hall–Kier alpha value is -1.85. The summed E-state index contributed by atoms with van der Waals surface area (Å²) >= 11 is 0. The Morgan fingerprint density at radius 1 is 1.19 bits per heavy atom. The lowest BCUT2D eigenvalue weighted by atomic mass is 9.83. The number of methoxy groups -OCH3 is 1. The Kier molecular flexibility index (Phi) is 5.79. The van der Waals surface area contributed by atoms with Gasteiger partial charge in [0.2, 0.25) is 0 Å². The van der Waals surface area contributed by atoms with Crippen LogP contribution in [0.3, 0.4) is 0 Å². The maximum absolute atomic E-state index is 13.0. The molecule has 27 heavy (non-hydrogen) atoms. The first-order valence-electron chi connectivity index (χ1n) is 10.4. The molecule has 1 aromatic carbocycles. The molecule has 1 aromatic heterocycles. The maximum Gasteiger partial charge on any atom is 0.267 e. The van der Waals surface area contributed by atoms with E-state index in [4.69, 9.17) is 4.74 Å². The molecule has 2 fully saturated rings. The van der Waals surface area contributed by atoms with Crippen molar-refractivity contribution in [3.05, 3.63) is 36.0 Å². The van der Waals surface area contributed by atoms with Gasteiger partial charge in [-0.3, -0.25) is 4.79 Å². The van der Waals surface area contributed by atoms with Gasteiger partial charge in [0.15, 0.2) is 0 Å². The van der Waals surface area contributed by atoms with Crippen LogP contribution in [0.15, 0.2) is 30.3 Å². The summed E-state index contributed by atoms with van der Waals surface area (Å²) in [4.78, 5) is 15.7. The minimum Gasteiger partial charge on any atom is -0.383 e. The lowest BCUT2D eigenvalue weighted by molar-refractivity contribution is 0.0574. The van der Waals surface area contributed by atoms with Crippen molar-refractivity contribution in [1.82, 2.24) is 14.8 Å². The second kappa shape index (κ2) is 8.44. The van der Waals surface area contributed by atoms with E-state index in [9.17, 15) is 4.79 Å². The molecule has 0 radical (unpaired) electrons. The van der Waals surface area contributed by atoms with Gasteiger partial charge in [0.1, 0.15) is 5.69 Å². The molecule has 0 spiro atoms. The average Bonchev–Trinajstić information content (AvgIpc) is 3.09. The molecule has 2 atom stereocenters. The predicted octanol–water partition coefficient (Wildman–Crippen LogP) is 3.28. The molecule has 2 saturated heterocycles. The van der Waals surface area contributed by atoms with Gasteiger partial charge in [-0.2, -0.15) is 0 Å². The summed E-state index contributed by atoms with van der Waals surface area (Å²) in [6, 6.07) is 10.8. The monoisotopic (exact) mass is 369 g/mol. The van der Waals surface area contributed by atoms with Crippen LogP contribution in [0.5, 0.6) is 0 Å². The number of rotatable bonds is 6. The fourth-order valence-corrected chi connectivity index (χ4v) is 4.95. The summed E-state index contributed by atoms with van der Waals surface area (Å²) in [5.74, 6) is 0.620. The third-order valence-electron chi connectivity index (χ3n) is 6.32. The molecule has 5 heteroatoms. The summed E-state index contributed by atoms with van der Waals surface area (Å²) in [6.45, 7) is 4.54. The molecule has 4 rings (SSSR count). The second-order valence-electron chi connectivity index (χ2n) is 7.94. The molecule has 5 nitrogen and oxygen atoms in total. The normalized spacial score (nSPS) is 23.3. The molecular weight excluding hydrogens is 338 g/mol. The van der Waals surface area contributed by atoms with Crippen LogP contribution in [0.4, 0.5) is 0 Å². The first-order valence-corrected chi connectivity index (χ1v) is 10.4. The minimum atomic E-state index is 0.0373. The molecule has 1 N–H and O–H groups in total. The molecule has 0 bridgehead atoms. The van der Waals surface area contributed by atoms with E-state index in [1.807, 2.05) is 18.2 Å². The first-order chi connectivity index (χ1) is 13.3. The Bertz CT molecular complexity index is 783. The van der Waals surface area contributed by atoms with Gasteiger partial charge >= 0.3 is 0 Å². The Morgan fingerprint density at radius 2 is 2.04 bits per heavy atom. The number of hydrogen-bond donors (Lipinski definition) is 1. The van der Waals surface area contributed by atoms with E-state index in [1.165, 1.54) is 45.2 Å². The maximum atomic E-state index is 13.0. The van der Waals surface area contributed by atoms with Crippen molar-refractivity contribution >= 4 is 16.8 Å². The van der Waals surface area contributed by atoms with E-state index in [-0.39, 0.29) is 5.91 Å². The molecule has 146 valence electrons. The summed E-state index contributed by atoms with van der Waals surface area (Å²) in [5.41, 5.74) is 1.83. The summed E-state index contributed by atoms with van der Waals surface area (Å²) < 4.78 is 7.34. The third-order valence-corrected chi connectivity index (χ3v) is 6.32. The van der Waals surface area contributed by atoms with Crippen molar-refractivity contribution in [3.8, 4) is 0 Å². The predicted molar refractivity (Wildman–Crippen MR) is 108 cm³/mol. The van der Waals surface area contributed by atoms with Crippen LogP contribution < -0.4 is 5.32 Å². The van der Waals surface area contributed by atoms with Crippen molar-refractivity contribution in [1.29, 1.82) is 0 Å². The quantitative estimate of drug-likeness (QED) is 0.850. The van der Waals surface area contributed by atoms with Crippen LogP contribution in [0.25, 0.3) is 10.9 Å². The van der Waals surface area contributed by atoms with Crippen LogP contribution in [-0.2, 0) is 11.3 Å². The minimum absolute atomic E-state index is 0.0373. The fraction of sp³-hybridized carbons (Fsp3) is 0.591. The van der Waals surface area contributed by atoms with Gasteiger partial charge in [-0.15, -0.1) is 0 Å². The van der Waals surface area contributed by atoms with Gasteiger partial charge in [-0.05, 0) is 56.8 Å². The SMILES string of the molecule is COCCn1c(C(=O)NC[C@@H]2CCCN3CCCC[C@@H]23)cc2ccccc21. The number of aromatic nitrogens is 1. The van der Waals surface area contributed by atoms with E-state index in [1.54, 1.807) is 7.11 Å². The van der Waals surface area contributed by atoms with E-state index >= 15 is 0 Å². The fourth-order valence-electron chi connectivity index (χ4n) is 4.95. The summed E-state index contributed by atoms with van der Waals surface area (Å²) in [6.07, 6.45) is 6.43. The number of carbonyl (C=O) groups is 1. The van der Waals surface area contributed by atoms with E-state index in [2.05, 4.69) is 26.9 Å². The highest BCUT2D eigenvalue weighted by Crippen LogP contribution is 2.30. The molecule has 0 aliphatic carbocycles. The number of carbonyl (C=O) groups excluding carboxylic acids is 1. The zero-order chi connectivity index (χ0) is 18.6. The van der Waals surface area contributed by atoms with Crippen LogP contribution >= 0.6 is 0 Å². The smallest absolute Gasteiger partial charge is 0.267 e. The Labute approximate surface area is 161 Å². The summed E-state index contributed by atoms with van der Waals surface area (Å²) in [7, 11) is 1.70. The number of hydrogen-bond acceptors (Lipinski definition) is 3. The number of nitrogens with zero attached hydrogens (tertiary/aromatic N) is 2. The van der Waals surface area contributed by atoms with Crippen LogP contribution in [0.2, 0.25) is 0 Å². The molecule has 2 aliphatic heterocycles. The highest BCUT2D eigenvalue weighted by molar-refractivity contribution is 5.98. The number of amides is 1. The van der Waals surface area contributed by atoms with E-state index in [0.29, 0.717) is 25.1 Å². The van der Waals surface area contributed by atoms with Crippen LogP contribution in [-0.4, -0.2) is 54.8 Å². The van der Waals surface area contributed by atoms with Gasteiger partial charge in [-0.25, -0.2) is 0 Å². The molecule has 3 heterocycles. The number of piperidine rings is 2. The van der Waals surface area contributed by atoms with Gasteiger partial charge in [0.05, 0.1) is 6.61 Å². The van der Waals surface area contributed by atoms with Gasteiger partial charge in [0, 0.05) is 37.1 Å². The molecule has 1 amide bonds. The molecule has 2 aromatic rings.